The molecule has 0 aliphatic carbocycles. The van der Waals surface area contributed by atoms with Crippen LogP contribution in [0.4, 0.5) is 0 Å². The van der Waals surface area contributed by atoms with E-state index in [4.69, 9.17) is 9.47 Å². The van der Waals surface area contributed by atoms with Crippen LogP contribution in [0, 0.1) is 0 Å². The zero-order chi connectivity index (χ0) is 15.1. The van der Waals surface area contributed by atoms with Crippen molar-refractivity contribution in [2.75, 3.05) is 13.2 Å². The number of nitrogens with zero attached hydrogens (tertiary/aromatic N) is 1. The fourth-order valence-electron chi connectivity index (χ4n) is 2.46. The minimum Gasteiger partial charge on any atom is -0.506 e. The molecule has 0 saturated carbocycles. The van der Waals surface area contributed by atoms with E-state index < -0.39 is 11.5 Å². The van der Waals surface area contributed by atoms with Crippen molar-refractivity contribution in [3.8, 4) is 11.5 Å². The smallest absolute Gasteiger partial charge is 0.347 e. The van der Waals surface area contributed by atoms with Gasteiger partial charge in [0.2, 0.25) is 0 Å². The van der Waals surface area contributed by atoms with Crippen molar-refractivity contribution in [1.29, 1.82) is 0 Å². The maximum atomic E-state index is 12.5. The number of aromatic hydroxyl groups is 1. The summed E-state index contributed by atoms with van der Waals surface area (Å²) in [7, 11) is 0. The van der Waals surface area contributed by atoms with Crippen LogP contribution in [0.2, 0.25) is 0 Å². The predicted molar refractivity (Wildman–Crippen MR) is 79.0 cm³/mol. The van der Waals surface area contributed by atoms with Crippen LogP contribution >= 0.6 is 15.9 Å². The largest absolute Gasteiger partial charge is 0.506 e. The summed E-state index contributed by atoms with van der Waals surface area (Å²) in [6, 6.07) is 3.36. The average molecular weight is 354 g/mol. The van der Waals surface area contributed by atoms with Gasteiger partial charge in [-0.15, -0.1) is 0 Å². The molecule has 0 saturated heterocycles. The van der Waals surface area contributed by atoms with E-state index in [2.05, 4.69) is 15.9 Å². The number of benzene rings is 1. The lowest BCUT2D eigenvalue weighted by molar-refractivity contribution is 0.0520. The first kappa shape index (κ1) is 13.9. The van der Waals surface area contributed by atoms with E-state index >= 15 is 0 Å². The molecule has 0 atom stereocenters. The molecule has 2 heterocycles. The number of hydrogen-bond donors (Lipinski definition) is 1. The second-order valence-corrected chi connectivity index (χ2v) is 5.47. The lowest BCUT2D eigenvalue weighted by atomic mass is 10.1. The van der Waals surface area contributed by atoms with Crippen molar-refractivity contribution in [2.45, 2.75) is 13.5 Å². The van der Waals surface area contributed by atoms with Gasteiger partial charge in [-0.05, 0) is 19.1 Å². The average Bonchev–Trinajstić information content (AvgIpc) is 2.44. The number of rotatable bonds is 2. The molecule has 1 aliphatic heterocycles. The zero-order valence-corrected chi connectivity index (χ0v) is 12.8. The molecule has 1 N–H and O–H groups in total. The van der Waals surface area contributed by atoms with Gasteiger partial charge in [0.05, 0.1) is 18.7 Å². The lowest BCUT2D eigenvalue weighted by Gasteiger charge is -2.22. The molecule has 6 nitrogen and oxygen atoms in total. The highest BCUT2D eigenvalue weighted by molar-refractivity contribution is 9.10. The number of hydrogen-bond acceptors (Lipinski definition) is 5. The topological polar surface area (TPSA) is 77.8 Å². The summed E-state index contributed by atoms with van der Waals surface area (Å²) in [4.78, 5) is 24.4. The third-order valence-corrected chi connectivity index (χ3v) is 3.77. The molecule has 110 valence electrons. The van der Waals surface area contributed by atoms with Gasteiger partial charge in [0.1, 0.15) is 18.1 Å². The minimum atomic E-state index is -0.821. The summed E-state index contributed by atoms with van der Waals surface area (Å²) in [6.45, 7) is 2.41. The molecule has 0 bridgehead atoms. The van der Waals surface area contributed by atoms with Crippen molar-refractivity contribution in [3.63, 3.8) is 0 Å². The Kier molecular flexibility index (Phi) is 3.36. The number of carbonyl (C=O) groups excluding carboxylic acids is 1. The Hall–Kier alpha value is -2.02. The van der Waals surface area contributed by atoms with E-state index in [1.54, 1.807) is 19.1 Å². The van der Waals surface area contributed by atoms with Crippen molar-refractivity contribution < 1.29 is 19.4 Å². The standard InChI is InChI=1S/C14H12BrNO5/c1-2-20-14(19)10-12(17)8-5-7(15)6-9-11(8)16(13(10)18)3-4-21-9/h5-6,17H,2-4H2,1H3. The third kappa shape index (κ3) is 2.08. The van der Waals surface area contributed by atoms with Crippen LogP contribution in [0.25, 0.3) is 10.9 Å². The van der Waals surface area contributed by atoms with Crippen molar-refractivity contribution in [3.05, 3.63) is 32.5 Å². The van der Waals surface area contributed by atoms with Gasteiger partial charge in [-0.2, -0.15) is 0 Å². The van der Waals surface area contributed by atoms with E-state index in [-0.39, 0.29) is 17.9 Å². The summed E-state index contributed by atoms with van der Waals surface area (Å²) in [5, 5.41) is 10.7. The van der Waals surface area contributed by atoms with Gasteiger partial charge in [-0.3, -0.25) is 4.79 Å². The molecule has 21 heavy (non-hydrogen) atoms. The molecule has 1 aromatic carbocycles. The SMILES string of the molecule is CCOC(=O)c1c(O)c2cc(Br)cc3c2n(c1=O)CCO3. The van der Waals surface area contributed by atoms with Gasteiger partial charge in [0.15, 0.2) is 5.56 Å². The molecule has 0 radical (unpaired) electrons. The Balaban J connectivity index is 2.43. The third-order valence-electron chi connectivity index (χ3n) is 3.31. The summed E-state index contributed by atoms with van der Waals surface area (Å²) >= 11 is 3.32. The number of ether oxygens (including phenoxy) is 2. The number of carbonyl (C=O) groups is 1. The predicted octanol–water partition coefficient (Wildman–Crippen LogP) is 2.04. The Morgan fingerprint density at radius 3 is 3.00 bits per heavy atom. The summed E-state index contributed by atoms with van der Waals surface area (Å²) < 4.78 is 12.5. The van der Waals surface area contributed by atoms with Gasteiger partial charge in [-0.1, -0.05) is 15.9 Å². The van der Waals surface area contributed by atoms with E-state index in [9.17, 15) is 14.7 Å². The van der Waals surface area contributed by atoms with Gasteiger partial charge in [-0.25, -0.2) is 4.79 Å². The highest BCUT2D eigenvalue weighted by Gasteiger charge is 2.26. The molecule has 3 rings (SSSR count). The van der Waals surface area contributed by atoms with Crippen molar-refractivity contribution >= 4 is 32.8 Å². The van der Waals surface area contributed by atoms with Crippen LogP contribution in [0.15, 0.2) is 21.4 Å². The summed E-state index contributed by atoms with van der Waals surface area (Å²) in [6.07, 6.45) is 0. The Morgan fingerprint density at radius 2 is 2.29 bits per heavy atom. The molecule has 7 heteroatoms. The number of aromatic nitrogens is 1. The number of halogens is 1. The van der Waals surface area contributed by atoms with Crippen LogP contribution in [-0.4, -0.2) is 28.9 Å². The monoisotopic (exact) mass is 353 g/mol. The normalized spacial score (nSPS) is 13.0. The van der Waals surface area contributed by atoms with Gasteiger partial charge < -0.3 is 19.1 Å². The number of pyridine rings is 1. The second-order valence-electron chi connectivity index (χ2n) is 4.55. The second kappa shape index (κ2) is 5.07. The maximum Gasteiger partial charge on any atom is 0.347 e. The van der Waals surface area contributed by atoms with Gasteiger partial charge >= 0.3 is 5.97 Å². The van der Waals surface area contributed by atoms with E-state index in [0.29, 0.717) is 34.3 Å². The molecule has 0 amide bonds. The van der Waals surface area contributed by atoms with Crippen LogP contribution < -0.4 is 10.3 Å². The molecule has 1 aromatic heterocycles. The highest BCUT2D eigenvalue weighted by Crippen LogP contribution is 2.37. The van der Waals surface area contributed by atoms with Crippen LogP contribution in [0.1, 0.15) is 17.3 Å². The first-order chi connectivity index (χ1) is 10.0. The minimum absolute atomic E-state index is 0.128. The van der Waals surface area contributed by atoms with E-state index in [1.165, 1.54) is 4.57 Å². The molecule has 0 fully saturated rings. The van der Waals surface area contributed by atoms with Crippen LogP contribution in [0.5, 0.6) is 11.5 Å². The molecular weight excluding hydrogens is 342 g/mol. The maximum absolute atomic E-state index is 12.5. The van der Waals surface area contributed by atoms with Crippen LogP contribution in [-0.2, 0) is 11.3 Å². The summed E-state index contributed by atoms with van der Waals surface area (Å²) in [5.41, 5.74) is -0.416. The summed E-state index contributed by atoms with van der Waals surface area (Å²) in [5.74, 6) is -0.704. The zero-order valence-electron chi connectivity index (χ0n) is 11.2. The van der Waals surface area contributed by atoms with E-state index in [1.807, 2.05) is 0 Å². The molecule has 0 unspecified atom stereocenters. The molecular formula is C14H12BrNO5. The Morgan fingerprint density at radius 1 is 1.52 bits per heavy atom. The van der Waals surface area contributed by atoms with Gasteiger partial charge in [0.25, 0.3) is 5.56 Å². The van der Waals surface area contributed by atoms with Gasteiger partial charge in [0, 0.05) is 9.86 Å². The first-order valence-corrected chi connectivity index (χ1v) is 7.22. The Bertz CT molecular complexity index is 811. The first-order valence-electron chi connectivity index (χ1n) is 6.43. The molecule has 0 spiro atoms. The number of esters is 1. The van der Waals surface area contributed by atoms with Crippen molar-refractivity contribution in [1.82, 2.24) is 4.57 Å². The fraction of sp³-hybridized carbons (Fsp3) is 0.286. The van der Waals surface area contributed by atoms with Crippen molar-refractivity contribution in [2.24, 2.45) is 0 Å². The highest BCUT2D eigenvalue weighted by atomic mass is 79.9. The van der Waals surface area contributed by atoms with Crippen LogP contribution in [0.3, 0.4) is 0 Å². The fourth-order valence-corrected chi connectivity index (χ4v) is 2.90. The molecule has 2 aromatic rings. The molecule has 1 aliphatic rings. The van der Waals surface area contributed by atoms with E-state index in [0.717, 1.165) is 0 Å². The Labute approximate surface area is 128 Å². The quantitative estimate of drug-likeness (QED) is 0.836. The lowest BCUT2D eigenvalue weighted by Crippen LogP contribution is -2.32.